The van der Waals surface area contributed by atoms with Gasteiger partial charge in [0, 0.05) is 32.6 Å². The largest absolute Gasteiger partial charge is 0.379 e. The monoisotopic (exact) mass is 391 g/mol. The van der Waals surface area contributed by atoms with Crippen LogP contribution in [0.15, 0.2) is 24.3 Å². The topological polar surface area (TPSA) is 61.9 Å². The molecule has 1 aromatic rings. The van der Waals surface area contributed by atoms with Crippen LogP contribution in [-0.4, -0.2) is 67.6 Å². The molecule has 6 nitrogen and oxygen atoms in total. The van der Waals surface area contributed by atoms with E-state index in [0.717, 1.165) is 44.3 Å². The van der Waals surface area contributed by atoms with E-state index in [1.807, 2.05) is 0 Å². The minimum atomic E-state index is -0.274. The maximum Gasteiger partial charge on any atom is 0.239 e. The van der Waals surface area contributed by atoms with Crippen LogP contribution in [0.3, 0.4) is 0 Å². The highest BCUT2D eigenvalue weighted by Gasteiger charge is 2.24. The van der Waals surface area contributed by atoms with Crippen molar-refractivity contribution in [3.8, 4) is 0 Å². The number of rotatable bonds is 6. The Hall–Kier alpha value is -1.99. The first-order valence-corrected chi connectivity index (χ1v) is 10.3. The number of ether oxygens (including phenoxy) is 1. The molecule has 3 rings (SSSR count). The average Bonchev–Trinajstić information content (AvgIpc) is 2.70. The van der Waals surface area contributed by atoms with Crippen LogP contribution in [0.1, 0.15) is 43.7 Å². The fourth-order valence-corrected chi connectivity index (χ4v) is 3.85. The molecule has 1 N–H and O–H groups in total. The van der Waals surface area contributed by atoms with E-state index in [2.05, 4.69) is 10.2 Å². The molecule has 2 fully saturated rings. The third-order valence-electron chi connectivity index (χ3n) is 5.49. The second-order valence-corrected chi connectivity index (χ2v) is 7.50. The van der Waals surface area contributed by atoms with Crippen LogP contribution in [0, 0.1) is 5.82 Å². The van der Waals surface area contributed by atoms with Crippen LogP contribution in [-0.2, 0) is 14.3 Å². The van der Waals surface area contributed by atoms with Crippen LogP contribution in [0.2, 0.25) is 0 Å². The van der Waals surface area contributed by atoms with Gasteiger partial charge in [-0.05, 0) is 30.5 Å². The Morgan fingerprint density at radius 2 is 1.79 bits per heavy atom. The van der Waals surface area contributed by atoms with Gasteiger partial charge in [0.1, 0.15) is 5.82 Å². The number of hydrogen-bond donors (Lipinski definition) is 1. The summed E-state index contributed by atoms with van der Waals surface area (Å²) in [6.45, 7) is 4.01. The standard InChI is InChI=1S/C21H30FN3O3/c22-18-8-6-17(7-9-18)19(24-11-13-28-14-12-24)15-23-20(26)16-25-10-4-2-1-3-5-21(25)27/h6-9,19H,1-5,10-16H2,(H,23,26). The summed E-state index contributed by atoms with van der Waals surface area (Å²) in [5.74, 6) is -0.350. The predicted octanol–water partition coefficient (Wildman–Crippen LogP) is 2.11. The Kier molecular flexibility index (Phi) is 7.80. The Morgan fingerprint density at radius 1 is 1.07 bits per heavy atom. The summed E-state index contributed by atoms with van der Waals surface area (Å²) in [6.07, 6.45) is 4.57. The Morgan fingerprint density at radius 3 is 2.54 bits per heavy atom. The van der Waals surface area contributed by atoms with E-state index in [9.17, 15) is 14.0 Å². The van der Waals surface area contributed by atoms with Crippen molar-refractivity contribution in [2.75, 3.05) is 45.9 Å². The van der Waals surface area contributed by atoms with Crippen molar-refractivity contribution >= 4 is 11.8 Å². The third-order valence-corrected chi connectivity index (χ3v) is 5.49. The zero-order valence-electron chi connectivity index (χ0n) is 16.4. The summed E-state index contributed by atoms with van der Waals surface area (Å²) in [4.78, 5) is 28.7. The number of halogens is 1. The van der Waals surface area contributed by atoms with Crippen molar-refractivity contribution in [1.29, 1.82) is 0 Å². The van der Waals surface area contributed by atoms with Crippen molar-refractivity contribution in [1.82, 2.24) is 15.1 Å². The molecule has 28 heavy (non-hydrogen) atoms. The predicted molar refractivity (Wildman–Crippen MR) is 104 cm³/mol. The van der Waals surface area contributed by atoms with E-state index in [-0.39, 0.29) is 30.2 Å². The van der Waals surface area contributed by atoms with Gasteiger partial charge in [0.2, 0.25) is 11.8 Å². The van der Waals surface area contributed by atoms with Crippen molar-refractivity contribution < 1.29 is 18.7 Å². The first kappa shape index (κ1) is 20.7. The van der Waals surface area contributed by atoms with E-state index in [0.29, 0.717) is 32.7 Å². The maximum atomic E-state index is 13.3. The van der Waals surface area contributed by atoms with Gasteiger partial charge in [0.05, 0.1) is 25.8 Å². The Balaban J connectivity index is 1.59. The third kappa shape index (κ3) is 6.01. The van der Waals surface area contributed by atoms with Crippen molar-refractivity contribution in [2.45, 2.75) is 38.1 Å². The highest BCUT2D eigenvalue weighted by molar-refractivity contribution is 5.84. The first-order valence-electron chi connectivity index (χ1n) is 10.3. The summed E-state index contributed by atoms with van der Waals surface area (Å²) in [7, 11) is 0. The number of amides is 2. The van der Waals surface area contributed by atoms with Crippen molar-refractivity contribution in [3.05, 3.63) is 35.6 Å². The van der Waals surface area contributed by atoms with Crippen LogP contribution in [0.25, 0.3) is 0 Å². The van der Waals surface area contributed by atoms with Crippen LogP contribution in [0.5, 0.6) is 0 Å². The maximum absolute atomic E-state index is 13.3. The molecular weight excluding hydrogens is 361 g/mol. The number of likely N-dealkylation sites (tertiary alicyclic amines) is 1. The molecule has 1 aromatic carbocycles. The molecule has 0 bridgehead atoms. The summed E-state index contributed by atoms with van der Waals surface area (Å²) in [5, 5.41) is 2.99. The molecule has 2 aliphatic rings. The van der Waals surface area contributed by atoms with E-state index < -0.39 is 0 Å². The molecule has 0 aromatic heterocycles. The number of nitrogens with zero attached hydrogens (tertiary/aromatic N) is 2. The molecule has 1 atom stereocenters. The highest BCUT2D eigenvalue weighted by atomic mass is 19.1. The summed E-state index contributed by atoms with van der Waals surface area (Å²) >= 11 is 0. The molecule has 7 heteroatoms. The fourth-order valence-electron chi connectivity index (χ4n) is 3.85. The second kappa shape index (κ2) is 10.5. The van der Waals surface area contributed by atoms with Gasteiger partial charge >= 0.3 is 0 Å². The van der Waals surface area contributed by atoms with Gasteiger partial charge in [-0.15, -0.1) is 0 Å². The van der Waals surface area contributed by atoms with Crippen molar-refractivity contribution in [2.24, 2.45) is 0 Å². The number of nitrogens with one attached hydrogen (secondary N) is 1. The van der Waals surface area contributed by atoms with Crippen LogP contribution >= 0.6 is 0 Å². The fraction of sp³-hybridized carbons (Fsp3) is 0.619. The van der Waals surface area contributed by atoms with Crippen LogP contribution < -0.4 is 5.32 Å². The van der Waals surface area contributed by atoms with Gasteiger partial charge in [-0.3, -0.25) is 14.5 Å². The summed E-state index contributed by atoms with van der Waals surface area (Å²) in [5.41, 5.74) is 0.964. The Bertz CT molecular complexity index is 647. The van der Waals surface area contributed by atoms with Gasteiger partial charge in [-0.2, -0.15) is 0 Å². The zero-order chi connectivity index (χ0) is 19.8. The lowest BCUT2D eigenvalue weighted by molar-refractivity contribution is -0.136. The molecular formula is C21H30FN3O3. The number of carbonyl (C=O) groups is 2. The molecule has 2 heterocycles. The lowest BCUT2D eigenvalue weighted by atomic mass is 10.0. The first-order chi connectivity index (χ1) is 13.6. The molecule has 0 radical (unpaired) electrons. The smallest absolute Gasteiger partial charge is 0.239 e. The quantitative estimate of drug-likeness (QED) is 0.807. The molecule has 1 unspecified atom stereocenters. The molecule has 2 saturated heterocycles. The normalized spacial score (nSPS) is 20.3. The van der Waals surface area contributed by atoms with Gasteiger partial charge < -0.3 is 15.0 Å². The molecule has 0 aliphatic carbocycles. The van der Waals surface area contributed by atoms with Crippen molar-refractivity contribution in [3.63, 3.8) is 0 Å². The molecule has 154 valence electrons. The molecule has 0 saturated carbocycles. The van der Waals surface area contributed by atoms with Gasteiger partial charge in [0.25, 0.3) is 0 Å². The average molecular weight is 391 g/mol. The van der Waals surface area contributed by atoms with E-state index in [1.165, 1.54) is 12.1 Å². The highest BCUT2D eigenvalue weighted by Crippen LogP contribution is 2.21. The van der Waals surface area contributed by atoms with Crippen LogP contribution in [0.4, 0.5) is 4.39 Å². The minimum absolute atomic E-state index is 0.0449. The van der Waals surface area contributed by atoms with E-state index in [1.54, 1.807) is 17.0 Å². The summed E-state index contributed by atoms with van der Waals surface area (Å²) < 4.78 is 18.8. The Labute approximate surface area is 166 Å². The minimum Gasteiger partial charge on any atom is -0.379 e. The molecule has 2 amide bonds. The molecule has 0 spiro atoms. The number of benzene rings is 1. The number of hydrogen-bond acceptors (Lipinski definition) is 4. The SMILES string of the molecule is O=C(CN1CCCCCCC1=O)NCC(c1ccc(F)cc1)N1CCOCC1. The summed E-state index contributed by atoms with van der Waals surface area (Å²) in [6, 6.07) is 6.39. The number of morpholine rings is 1. The molecule has 2 aliphatic heterocycles. The van der Waals surface area contributed by atoms with Gasteiger partial charge in [-0.1, -0.05) is 25.0 Å². The zero-order valence-corrected chi connectivity index (χ0v) is 16.4. The lowest BCUT2D eigenvalue weighted by Crippen LogP contribution is -2.46. The number of carbonyl (C=O) groups excluding carboxylic acids is 2. The lowest BCUT2D eigenvalue weighted by Gasteiger charge is -2.35. The second-order valence-electron chi connectivity index (χ2n) is 7.50. The van der Waals surface area contributed by atoms with Gasteiger partial charge in [0.15, 0.2) is 0 Å². The van der Waals surface area contributed by atoms with Gasteiger partial charge in [-0.25, -0.2) is 4.39 Å². The van der Waals surface area contributed by atoms with E-state index >= 15 is 0 Å². The van der Waals surface area contributed by atoms with E-state index in [4.69, 9.17) is 4.74 Å².